The molecule has 8 nitrogen and oxygen atoms in total. The van der Waals surface area contributed by atoms with Crippen molar-refractivity contribution < 1.29 is 24.2 Å². The average Bonchev–Trinajstić information content (AvgIpc) is 3.20. The van der Waals surface area contributed by atoms with Crippen LogP contribution in [0, 0.1) is 11.8 Å². The molecule has 5 rings (SSSR count). The van der Waals surface area contributed by atoms with Crippen molar-refractivity contribution >= 4 is 23.4 Å². The van der Waals surface area contributed by atoms with Gasteiger partial charge in [-0.1, -0.05) is 68.7 Å². The normalized spacial score (nSPS) is 32.1. The number of aliphatic hydroxyl groups excluding tert-OH is 1. The molecule has 0 aromatic heterocycles. The first-order valence-electron chi connectivity index (χ1n) is 14.9. The smallest absolute Gasteiger partial charge is 0.249 e. The van der Waals surface area contributed by atoms with Crippen LogP contribution in [-0.2, 0) is 19.1 Å². The molecule has 2 fully saturated rings. The Morgan fingerprint density at radius 1 is 0.950 bits per heavy atom. The maximum Gasteiger partial charge on any atom is 0.249 e. The summed E-state index contributed by atoms with van der Waals surface area (Å²) >= 11 is 0. The quantitative estimate of drug-likeness (QED) is 0.355. The van der Waals surface area contributed by atoms with Crippen LogP contribution in [0.3, 0.4) is 0 Å². The molecular weight excluding hydrogens is 506 g/mol. The first-order chi connectivity index (χ1) is 19.3. The summed E-state index contributed by atoms with van der Waals surface area (Å²) in [6.45, 7) is 7.46. The van der Waals surface area contributed by atoms with E-state index < -0.39 is 29.1 Å². The number of aliphatic hydroxyl groups is 1. The summed E-state index contributed by atoms with van der Waals surface area (Å²) in [5, 5.41) is 9.18. The zero-order valence-electron chi connectivity index (χ0n) is 24.0. The van der Waals surface area contributed by atoms with Crippen LogP contribution < -0.4 is 4.90 Å². The minimum absolute atomic E-state index is 0.0235. The van der Waals surface area contributed by atoms with Crippen LogP contribution in [0.5, 0.6) is 0 Å². The van der Waals surface area contributed by atoms with E-state index in [4.69, 9.17) is 4.74 Å². The van der Waals surface area contributed by atoms with Crippen molar-refractivity contribution in [2.75, 3.05) is 31.1 Å². The van der Waals surface area contributed by atoms with Gasteiger partial charge in [0.1, 0.15) is 11.6 Å². The number of benzene rings is 1. The van der Waals surface area contributed by atoms with E-state index in [1.807, 2.05) is 66.5 Å². The highest BCUT2D eigenvalue weighted by Gasteiger charge is 2.74. The number of hydrogen-bond acceptors (Lipinski definition) is 5. The van der Waals surface area contributed by atoms with Crippen LogP contribution in [0.2, 0.25) is 0 Å². The molecule has 3 amide bonds. The number of carbonyl (C=O) groups excluding carboxylic acids is 3. The molecule has 4 aliphatic heterocycles. The lowest BCUT2D eigenvalue weighted by molar-refractivity contribution is -0.152. The van der Waals surface area contributed by atoms with Gasteiger partial charge in [0.15, 0.2) is 0 Å². The van der Waals surface area contributed by atoms with E-state index in [9.17, 15) is 19.5 Å². The molecule has 8 heteroatoms. The molecule has 1 aromatic carbocycles. The second-order valence-electron chi connectivity index (χ2n) is 11.9. The van der Waals surface area contributed by atoms with E-state index in [1.165, 1.54) is 0 Å². The molecule has 0 aliphatic carbocycles. The fourth-order valence-electron chi connectivity index (χ4n) is 7.34. The number of nitrogens with zero attached hydrogens (tertiary/aromatic N) is 3. The van der Waals surface area contributed by atoms with Gasteiger partial charge in [-0.25, -0.2) is 0 Å². The Bertz CT molecular complexity index is 1170. The Morgan fingerprint density at radius 3 is 2.40 bits per heavy atom. The Hall–Kier alpha value is -2.97. The maximum atomic E-state index is 14.4. The molecule has 6 atom stereocenters. The minimum atomic E-state index is -1.22. The highest BCUT2D eigenvalue weighted by molar-refractivity contribution is 6.04. The highest BCUT2D eigenvalue weighted by Crippen LogP contribution is 2.57. The predicted octanol–water partition coefficient (Wildman–Crippen LogP) is 3.70. The second kappa shape index (κ2) is 11.5. The van der Waals surface area contributed by atoms with Crippen LogP contribution >= 0.6 is 0 Å². The number of fused-ring (bicyclic) bond motifs is 2. The van der Waals surface area contributed by atoms with Gasteiger partial charge < -0.3 is 24.5 Å². The van der Waals surface area contributed by atoms with Crippen LogP contribution in [0.15, 0.2) is 54.6 Å². The lowest BCUT2D eigenvalue weighted by atomic mass is 9.74. The first-order valence-corrected chi connectivity index (χ1v) is 14.9. The summed E-state index contributed by atoms with van der Waals surface area (Å²) in [6, 6.07) is 8.72. The summed E-state index contributed by atoms with van der Waals surface area (Å²) < 4.78 is 6.92. The lowest BCUT2D eigenvalue weighted by Crippen LogP contribution is -2.57. The SMILES string of the molecule is CCCC(C)N1CC=C[C@]23O[C@]4(C)C=CCN(c5ccccc5)C(=O)[C@@H]4[C@H]2C(=O)N(CCCCCCO)C3C1=O. The molecule has 0 saturated carbocycles. The van der Waals surface area contributed by atoms with Crippen LogP contribution in [0.1, 0.15) is 59.3 Å². The largest absolute Gasteiger partial charge is 0.396 e. The van der Waals surface area contributed by atoms with Crippen molar-refractivity contribution in [1.29, 1.82) is 0 Å². The highest BCUT2D eigenvalue weighted by atomic mass is 16.5. The number of carbonyl (C=O) groups is 3. The Balaban J connectivity index is 1.56. The van der Waals surface area contributed by atoms with Gasteiger partial charge in [0.25, 0.3) is 0 Å². The third kappa shape index (κ3) is 4.69. The third-order valence-corrected chi connectivity index (χ3v) is 9.20. The fraction of sp³-hybridized carbons (Fsp3) is 0.594. The van der Waals surface area contributed by atoms with Gasteiger partial charge in [0.2, 0.25) is 17.7 Å². The third-order valence-electron chi connectivity index (χ3n) is 9.20. The fourth-order valence-corrected chi connectivity index (χ4v) is 7.34. The molecule has 2 saturated heterocycles. The second-order valence-corrected chi connectivity index (χ2v) is 11.9. The van der Waals surface area contributed by atoms with E-state index in [1.54, 1.807) is 9.80 Å². The van der Waals surface area contributed by atoms with Gasteiger partial charge in [0.05, 0.1) is 17.4 Å². The summed E-state index contributed by atoms with van der Waals surface area (Å²) in [6.07, 6.45) is 12.7. The van der Waals surface area contributed by atoms with Gasteiger partial charge in [0, 0.05) is 38.0 Å². The summed E-state index contributed by atoms with van der Waals surface area (Å²) in [7, 11) is 0. The number of ether oxygens (including phenoxy) is 1. The Morgan fingerprint density at radius 2 is 1.68 bits per heavy atom. The van der Waals surface area contributed by atoms with Crippen LogP contribution in [-0.4, -0.2) is 82.2 Å². The summed E-state index contributed by atoms with van der Waals surface area (Å²) in [4.78, 5) is 48.5. The number of para-hydroxylation sites is 1. The van der Waals surface area contributed by atoms with Crippen molar-refractivity contribution in [3.63, 3.8) is 0 Å². The Labute approximate surface area is 237 Å². The van der Waals surface area contributed by atoms with Gasteiger partial charge >= 0.3 is 0 Å². The van der Waals surface area contributed by atoms with E-state index in [-0.39, 0.29) is 30.4 Å². The van der Waals surface area contributed by atoms with Crippen molar-refractivity contribution in [2.45, 2.75) is 82.6 Å². The molecule has 4 heterocycles. The summed E-state index contributed by atoms with van der Waals surface area (Å²) in [5.41, 5.74) is -1.47. The van der Waals surface area contributed by atoms with E-state index in [0.29, 0.717) is 26.1 Å². The van der Waals surface area contributed by atoms with Gasteiger partial charge in [-0.15, -0.1) is 0 Å². The molecule has 216 valence electrons. The molecule has 1 aromatic rings. The van der Waals surface area contributed by atoms with Crippen LogP contribution in [0.4, 0.5) is 5.69 Å². The summed E-state index contributed by atoms with van der Waals surface area (Å²) in [5.74, 6) is -2.01. The topological polar surface area (TPSA) is 90.4 Å². The number of hydrogen-bond donors (Lipinski definition) is 1. The molecule has 4 aliphatic rings. The van der Waals surface area contributed by atoms with Crippen molar-refractivity contribution in [1.82, 2.24) is 9.80 Å². The maximum absolute atomic E-state index is 14.4. The standard InChI is InChI=1S/C32H43N3O5/c1-4-14-23(2)33-20-13-18-32-26(29(38)35(27(32)30(33)39)19-10-5-6-11-22-36)25-28(37)34(24-15-8-7-9-16-24)21-12-17-31(25,3)40-32/h7-9,12-13,15-18,23,25-27,36H,4-6,10-11,14,19-22H2,1-3H3/t23?,25-,26-,27?,31+,32-/m0/s1. The number of likely N-dealkylation sites (tertiary alicyclic amines) is 1. The van der Waals surface area contributed by atoms with E-state index in [0.717, 1.165) is 37.8 Å². The molecule has 0 radical (unpaired) electrons. The zero-order chi connectivity index (χ0) is 28.5. The molecule has 2 unspecified atom stereocenters. The van der Waals surface area contributed by atoms with Gasteiger partial charge in [-0.05, 0) is 45.2 Å². The number of anilines is 1. The molecule has 1 spiro atoms. The monoisotopic (exact) mass is 549 g/mol. The first kappa shape index (κ1) is 28.6. The lowest BCUT2D eigenvalue weighted by Gasteiger charge is -2.38. The molecular formula is C32H43N3O5. The van der Waals surface area contributed by atoms with Crippen LogP contribution in [0.25, 0.3) is 0 Å². The molecule has 1 N–H and O–H groups in total. The Kier molecular flexibility index (Phi) is 8.20. The van der Waals surface area contributed by atoms with Gasteiger partial charge in [-0.2, -0.15) is 0 Å². The number of amides is 3. The number of rotatable bonds is 10. The van der Waals surface area contributed by atoms with Gasteiger partial charge in [-0.3, -0.25) is 14.4 Å². The molecule has 40 heavy (non-hydrogen) atoms. The predicted molar refractivity (Wildman–Crippen MR) is 153 cm³/mol. The zero-order valence-corrected chi connectivity index (χ0v) is 24.0. The average molecular weight is 550 g/mol. The van der Waals surface area contributed by atoms with Crippen molar-refractivity contribution in [3.05, 3.63) is 54.6 Å². The minimum Gasteiger partial charge on any atom is -0.396 e. The van der Waals surface area contributed by atoms with Crippen molar-refractivity contribution in [2.24, 2.45) is 11.8 Å². The number of unbranched alkanes of at least 4 members (excludes halogenated alkanes) is 3. The van der Waals surface area contributed by atoms with Crippen molar-refractivity contribution in [3.8, 4) is 0 Å². The van der Waals surface area contributed by atoms with E-state index >= 15 is 0 Å². The molecule has 0 bridgehead atoms. The van der Waals surface area contributed by atoms with E-state index in [2.05, 4.69) is 13.8 Å².